The van der Waals surface area contributed by atoms with Gasteiger partial charge in [-0.3, -0.25) is 0 Å². The first-order valence-electron chi connectivity index (χ1n) is 4.54. The van der Waals surface area contributed by atoms with Crippen molar-refractivity contribution in [1.82, 2.24) is 4.98 Å². The van der Waals surface area contributed by atoms with Gasteiger partial charge in [-0.2, -0.15) is 0 Å². The van der Waals surface area contributed by atoms with Gasteiger partial charge in [0.05, 0.1) is 0 Å². The van der Waals surface area contributed by atoms with Gasteiger partial charge >= 0.3 is 0 Å². The SMILES string of the molecule is CC(N)c1cnc(-c2ccccc2)s1. The molecule has 0 aliphatic carbocycles. The van der Waals surface area contributed by atoms with Crippen LogP contribution in [0.5, 0.6) is 0 Å². The standard InChI is InChI=1S/C11H12N2S/c1-8(12)10-7-13-11(14-10)9-5-3-2-4-6-9/h2-8H,12H2,1H3. The van der Waals surface area contributed by atoms with E-state index in [4.69, 9.17) is 5.73 Å². The average molecular weight is 204 g/mol. The minimum Gasteiger partial charge on any atom is -0.323 e. The van der Waals surface area contributed by atoms with Gasteiger partial charge in [-0.1, -0.05) is 30.3 Å². The Kier molecular flexibility index (Phi) is 2.61. The van der Waals surface area contributed by atoms with E-state index in [1.165, 1.54) is 0 Å². The number of rotatable bonds is 2. The van der Waals surface area contributed by atoms with E-state index in [1.807, 2.05) is 31.3 Å². The summed E-state index contributed by atoms with van der Waals surface area (Å²) >= 11 is 1.66. The van der Waals surface area contributed by atoms with E-state index < -0.39 is 0 Å². The molecule has 2 rings (SSSR count). The molecule has 2 aromatic rings. The molecule has 2 N–H and O–H groups in total. The lowest BCUT2D eigenvalue weighted by atomic mass is 10.2. The van der Waals surface area contributed by atoms with Crippen molar-refractivity contribution in [2.45, 2.75) is 13.0 Å². The van der Waals surface area contributed by atoms with Gasteiger partial charge < -0.3 is 5.73 Å². The third kappa shape index (κ3) is 1.84. The van der Waals surface area contributed by atoms with Crippen LogP contribution in [0.15, 0.2) is 36.5 Å². The Bertz CT molecular complexity index is 406. The van der Waals surface area contributed by atoms with Crippen LogP contribution < -0.4 is 5.73 Å². The second-order valence-electron chi connectivity index (χ2n) is 3.22. The first kappa shape index (κ1) is 9.37. The monoisotopic (exact) mass is 204 g/mol. The number of aromatic nitrogens is 1. The van der Waals surface area contributed by atoms with Crippen molar-refractivity contribution in [2.75, 3.05) is 0 Å². The van der Waals surface area contributed by atoms with Crippen LogP contribution in [0.3, 0.4) is 0 Å². The van der Waals surface area contributed by atoms with Crippen molar-refractivity contribution in [3.05, 3.63) is 41.4 Å². The summed E-state index contributed by atoms with van der Waals surface area (Å²) < 4.78 is 0. The zero-order valence-corrected chi connectivity index (χ0v) is 8.79. The maximum atomic E-state index is 5.78. The summed E-state index contributed by atoms with van der Waals surface area (Å²) in [7, 11) is 0. The van der Waals surface area contributed by atoms with E-state index in [-0.39, 0.29) is 6.04 Å². The molecule has 1 aromatic heterocycles. The summed E-state index contributed by atoms with van der Waals surface area (Å²) in [6.45, 7) is 1.97. The number of thiazole rings is 1. The minimum absolute atomic E-state index is 0.0740. The topological polar surface area (TPSA) is 38.9 Å². The third-order valence-corrected chi connectivity index (χ3v) is 3.24. The molecule has 0 saturated carbocycles. The summed E-state index contributed by atoms with van der Waals surface area (Å²) in [5.41, 5.74) is 6.93. The molecule has 1 aromatic carbocycles. The van der Waals surface area contributed by atoms with Crippen LogP contribution in [-0.2, 0) is 0 Å². The van der Waals surface area contributed by atoms with Crippen molar-refractivity contribution in [2.24, 2.45) is 5.73 Å². The summed E-state index contributed by atoms with van der Waals surface area (Å²) in [5, 5.41) is 1.04. The van der Waals surface area contributed by atoms with Gasteiger partial charge in [-0.15, -0.1) is 11.3 Å². The quantitative estimate of drug-likeness (QED) is 0.817. The van der Waals surface area contributed by atoms with E-state index in [0.29, 0.717) is 0 Å². The number of nitrogens with two attached hydrogens (primary N) is 1. The van der Waals surface area contributed by atoms with Gasteiger partial charge in [-0.05, 0) is 6.92 Å². The Morgan fingerprint density at radius 2 is 2.00 bits per heavy atom. The van der Waals surface area contributed by atoms with Crippen LogP contribution in [0.1, 0.15) is 17.8 Å². The van der Waals surface area contributed by atoms with Gasteiger partial charge in [0.15, 0.2) is 0 Å². The Morgan fingerprint density at radius 1 is 1.29 bits per heavy atom. The van der Waals surface area contributed by atoms with Crippen molar-refractivity contribution < 1.29 is 0 Å². The Hall–Kier alpha value is -1.19. The highest BCUT2D eigenvalue weighted by molar-refractivity contribution is 7.15. The first-order chi connectivity index (χ1) is 6.77. The predicted octanol–water partition coefficient (Wildman–Crippen LogP) is 2.83. The molecule has 1 heterocycles. The zero-order valence-electron chi connectivity index (χ0n) is 7.97. The first-order valence-corrected chi connectivity index (χ1v) is 5.36. The summed E-state index contributed by atoms with van der Waals surface area (Å²) in [4.78, 5) is 5.47. The molecule has 3 heteroatoms. The van der Waals surface area contributed by atoms with Gasteiger partial charge in [0.1, 0.15) is 5.01 Å². The average Bonchev–Trinajstić information content (AvgIpc) is 2.68. The largest absolute Gasteiger partial charge is 0.323 e. The van der Waals surface area contributed by atoms with Crippen LogP contribution in [0.4, 0.5) is 0 Å². The summed E-state index contributed by atoms with van der Waals surface area (Å²) in [5.74, 6) is 0. The Labute approximate surface area is 87.4 Å². The van der Waals surface area contributed by atoms with E-state index >= 15 is 0 Å². The van der Waals surface area contributed by atoms with Gasteiger partial charge in [-0.25, -0.2) is 4.98 Å². The number of benzene rings is 1. The molecule has 0 radical (unpaired) electrons. The Morgan fingerprint density at radius 3 is 2.57 bits per heavy atom. The third-order valence-electron chi connectivity index (χ3n) is 1.99. The van der Waals surface area contributed by atoms with Crippen LogP contribution in [0, 0.1) is 0 Å². The predicted molar refractivity (Wildman–Crippen MR) is 60.2 cm³/mol. The minimum atomic E-state index is 0.0740. The highest BCUT2D eigenvalue weighted by Crippen LogP contribution is 2.27. The zero-order chi connectivity index (χ0) is 9.97. The molecule has 2 nitrogen and oxygen atoms in total. The maximum Gasteiger partial charge on any atom is 0.123 e. The van der Waals surface area contributed by atoms with E-state index in [2.05, 4.69) is 17.1 Å². The molecule has 0 saturated heterocycles. The molecular formula is C11H12N2S. The highest BCUT2D eigenvalue weighted by Gasteiger charge is 2.06. The second-order valence-corrected chi connectivity index (χ2v) is 4.28. The molecule has 0 fully saturated rings. The van der Waals surface area contributed by atoms with Crippen LogP contribution in [0.2, 0.25) is 0 Å². The number of nitrogens with zero attached hydrogens (tertiary/aromatic N) is 1. The second kappa shape index (κ2) is 3.90. The molecule has 1 atom stereocenters. The normalized spacial score (nSPS) is 12.7. The van der Waals surface area contributed by atoms with Gasteiger partial charge in [0.25, 0.3) is 0 Å². The van der Waals surface area contributed by atoms with Crippen molar-refractivity contribution in [1.29, 1.82) is 0 Å². The van der Waals surface area contributed by atoms with Crippen LogP contribution >= 0.6 is 11.3 Å². The molecule has 0 aliphatic rings. The lowest BCUT2D eigenvalue weighted by Crippen LogP contribution is -2.01. The lowest BCUT2D eigenvalue weighted by Gasteiger charge is -1.97. The summed E-state index contributed by atoms with van der Waals surface area (Å²) in [6.07, 6.45) is 1.86. The fourth-order valence-electron chi connectivity index (χ4n) is 1.21. The van der Waals surface area contributed by atoms with Gasteiger partial charge in [0.2, 0.25) is 0 Å². The van der Waals surface area contributed by atoms with Crippen LogP contribution in [0.25, 0.3) is 10.6 Å². The maximum absolute atomic E-state index is 5.78. The smallest absolute Gasteiger partial charge is 0.123 e. The Balaban J connectivity index is 2.34. The van der Waals surface area contributed by atoms with Gasteiger partial charge in [0, 0.05) is 22.7 Å². The highest BCUT2D eigenvalue weighted by atomic mass is 32.1. The fraction of sp³-hybridized carbons (Fsp3) is 0.182. The molecule has 0 spiro atoms. The summed E-state index contributed by atoms with van der Waals surface area (Å²) in [6, 6.07) is 10.2. The van der Waals surface area contributed by atoms with Crippen LogP contribution in [-0.4, -0.2) is 4.98 Å². The molecule has 14 heavy (non-hydrogen) atoms. The molecule has 0 aliphatic heterocycles. The van der Waals surface area contributed by atoms with E-state index in [9.17, 15) is 0 Å². The molecule has 0 bridgehead atoms. The van der Waals surface area contributed by atoms with Crippen molar-refractivity contribution >= 4 is 11.3 Å². The van der Waals surface area contributed by atoms with Crippen molar-refractivity contribution in [3.8, 4) is 10.6 Å². The number of hydrogen-bond donors (Lipinski definition) is 1. The number of hydrogen-bond acceptors (Lipinski definition) is 3. The molecule has 0 amide bonds. The van der Waals surface area contributed by atoms with E-state index in [1.54, 1.807) is 11.3 Å². The molecule has 1 unspecified atom stereocenters. The van der Waals surface area contributed by atoms with E-state index in [0.717, 1.165) is 15.4 Å². The van der Waals surface area contributed by atoms with Crippen molar-refractivity contribution in [3.63, 3.8) is 0 Å². The molecular weight excluding hydrogens is 192 g/mol. The fourth-order valence-corrected chi connectivity index (χ4v) is 2.09. The lowest BCUT2D eigenvalue weighted by molar-refractivity contribution is 0.835. The molecule has 72 valence electrons.